The number of hydrogen-bond acceptors (Lipinski definition) is 1. The van der Waals surface area contributed by atoms with Crippen molar-refractivity contribution in [2.75, 3.05) is 5.32 Å². The number of rotatable bonds is 3. The third kappa shape index (κ3) is 2.76. The molecular formula is C17H18ClN. The zero-order valence-corrected chi connectivity index (χ0v) is 11.9. The molecule has 1 nitrogen and oxygen atoms in total. The van der Waals surface area contributed by atoms with Crippen LogP contribution in [-0.4, -0.2) is 0 Å². The Labute approximate surface area is 119 Å². The van der Waals surface area contributed by atoms with Gasteiger partial charge in [-0.2, -0.15) is 0 Å². The molecule has 0 atom stereocenters. The molecule has 0 amide bonds. The Morgan fingerprint density at radius 2 is 1.89 bits per heavy atom. The van der Waals surface area contributed by atoms with Crippen LogP contribution in [0.15, 0.2) is 36.4 Å². The van der Waals surface area contributed by atoms with Gasteiger partial charge in [-0.1, -0.05) is 35.9 Å². The lowest BCUT2D eigenvalue weighted by Crippen LogP contribution is -2.00. The first-order valence-electron chi connectivity index (χ1n) is 6.83. The maximum absolute atomic E-state index is 6.13. The molecule has 2 heteroatoms. The molecule has 0 radical (unpaired) electrons. The van der Waals surface area contributed by atoms with E-state index in [1.807, 2.05) is 19.1 Å². The maximum Gasteiger partial charge on any atom is 0.0455 e. The summed E-state index contributed by atoms with van der Waals surface area (Å²) < 4.78 is 0. The molecule has 0 saturated heterocycles. The van der Waals surface area contributed by atoms with Crippen LogP contribution in [0.3, 0.4) is 0 Å². The molecule has 1 aliphatic carbocycles. The number of hydrogen-bond donors (Lipinski definition) is 1. The monoisotopic (exact) mass is 271 g/mol. The van der Waals surface area contributed by atoms with E-state index in [9.17, 15) is 0 Å². The summed E-state index contributed by atoms with van der Waals surface area (Å²) in [6.45, 7) is 2.87. The van der Waals surface area contributed by atoms with E-state index in [2.05, 4.69) is 29.6 Å². The van der Waals surface area contributed by atoms with Gasteiger partial charge < -0.3 is 5.32 Å². The first-order valence-corrected chi connectivity index (χ1v) is 7.21. The van der Waals surface area contributed by atoms with Crippen LogP contribution in [-0.2, 0) is 19.4 Å². The second-order valence-corrected chi connectivity index (χ2v) is 5.68. The van der Waals surface area contributed by atoms with Crippen molar-refractivity contribution in [1.29, 1.82) is 0 Å². The van der Waals surface area contributed by atoms with Crippen molar-refractivity contribution in [2.24, 2.45) is 0 Å². The van der Waals surface area contributed by atoms with Crippen molar-refractivity contribution < 1.29 is 0 Å². The molecule has 0 bridgehead atoms. The lowest BCUT2D eigenvalue weighted by Gasteiger charge is -2.09. The highest BCUT2D eigenvalue weighted by atomic mass is 35.5. The number of nitrogens with one attached hydrogen (secondary N) is 1. The molecule has 2 aromatic rings. The van der Waals surface area contributed by atoms with Gasteiger partial charge in [-0.05, 0) is 60.6 Å². The lowest BCUT2D eigenvalue weighted by molar-refractivity contribution is 0.911. The zero-order valence-electron chi connectivity index (χ0n) is 11.2. The topological polar surface area (TPSA) is 12.0 Å². The second kappa shape index (κ2) is 5.26. The van der Waals surface area contributed by atoms with Gasteiger partial charge in [-0.15, -0.1) is 0 Å². The van der Waals surface area contributed by atoms with Crippen molar-refractivity contribution in [1.82, 2.24) is 0 Å². The summed E-state index contributed by atoms with van der Waals surface area (Å²) in [5, 5.41) is 4.25. The van der Waals surface area contributed by atoms with Gasteiger partial charge in [0.2, 0.25) is 0 Å². The number of halogens is 1. The number of aryl methyl sites for hydroxylation is 3. The summed E-state index contributed by atoms with van der Waals surface area (Å²) in [6, 6.07) is 13.0. The summed E-state index contributed by atoms with van der Waals surface area (Å²) in [6.07, 6.45) is 3.79. The molecule has 3 rings (SSSR count). The molecule has 98 valence electrons. The fraction of sp³-hybridized carbons (Fsp3) is 0.294. The molecule has 2 aromatic carbocycles. The maximum atomic E-state index is 6.13. The lowest BCUT2D eigenvalue weighted by atomic mass is 10.1. The Kier molecular flexibility index (Phi) is 3.48. The van der Waals surface area contributed by atoms with Gasteiger partial charge in [-0.3, -0.25) is 0 Å². The molecule has 0 spiro atoms. The van der Waals surface area contributed by atoms with E-state index in [0.717, 1.165) is 22.8 Å². The SMILES string of the molecule is Cc1ccc(NCc2ccc3c(c2)CCC3)cc1Cl. The van der Waals surface area contributed by atoms with Gasteiger partial charge in [0, 0.05) is 17.3 Å². The molecule has 19 heavy (non-hydrogen) atoms. The Balaban J connectivity index is 1.70. The number of fused-ring (bicyclic) bond motifs is 1. The van der Waals surface area contributed by atoms with Crippen molar-refractivity contribution in [2.45, 2.75) is 32.7 Å². The van der Waals surface area contributed by atoms with Gasteiger partial charge in [0.05, 0.1) is 0 Å². The molecule has 0 fully saturated rings. The number of benzene rings is 2. The minimum atomic E-state index is 0.818. The summed E-state index contributed by atoms with van der Waals surface area (Å²) in [5.74, 6) is 0. The van der Waals surface area contributed by atoms with E-state index in [-0.39, 0.29) is 0 Å². The third-order valence-corrected chi connectivity index (χ3v) is 4.24. The molecule has 0 heterocycles. The third-order valence-electron chi connectivity index (χ3n) is 3.83. The van der Waals surface area contributed by atoms with Crippen molar-refractivity contribution in [3.63, 3.8) is 0 Å². The van der Waals surface area contributed by atoms with E-state index in [4.69, 9.17) is 11.6 Å². The largest absolute Gasteiger partial charge is 0.381 e. The fourth-order valence-electron chi connectivity index (χ4n) is 2.64. The Morgan fingerprint density at radius 1 is 1.05 bits per heavy atom. The predicted octanol–water partition coefficient (Wildman–Crippen LogP) is 4.75. The molecule has 1 aliphatic rings. The highest BCUT2D eigenvalue weighted by Gasteiger charge is 2.10. The zero-order chi connectivity index (χ0) is 13.2. The molecule has 0 aromatic heterocycles. The Morgan fingerprint density at radius 3 is 2.74 bits per heavy atom. The predicted molar refractivity (Wildman–Crippen MR) is 82.0 cm³/mol. The Bertz CT molecular complexity index is 604. The van der Waals surface area contributed by atoms with Crippen LogP contribution in [0, 0.1) is 6.92 Å². The average molecular weight is 272 g/mol. The summed E-state index contributed by atoms with van der Waals surface area (Å²) in [5.41, 5.74) is 6.60. The molecular weight excluding hydrogens is 254 g/mol. The van der Waals surface area contributed by atoms with E-state index in [1.54, 1.807) is 0 Å². The van der Waals surface area contributed by atoms with Crippen molar-refractivity contribution in [3.05, 3.63) is 63.7 Å². The summed E-state index contributed by atoms with van der Waals surface area (Å²) in [7, 11) is 0. The van der Waals surface area contributed by atoms with Gasteiger partial charge in [-0.25, -0.2) is 0 Å². The highest BCUT2D eigenvalue weighted by molar-refractivity contribution is 6.31. The van der Waals surface area contributed by atoms with Gasteiger partial charge >= 0.3 is 0 Å². The van der Waals surface area contributed by atoms with E-state index in [0.29, 0.717) is 0 Å². The van der Waals surface area contributed by atoms with E-state index < -0.39 is 0 Å². The fourth-order valence-corrected chi connectivity index (χ4v) is 2.82. The van der Waals surface area contributed by atoms with Crippen LogP contribution in [0.5, 0.6) is 0 Å². The van der Waals surface area contributed by atoms with Crippen molar-refractivity contribution in [3.8, 4) is 0 Å². The highest BCUT2D eigenvalue weighted by Crippen LogP contribution is 2.24. The minimum Gasteiger partial charge on any atom is -0.381 e. The Hall–Kier alpha value is -1.47. The van der Waals surface area contributed by atoms with Crippen LogP contribution >= 0.6 is 11.6 Å². The summed E-state index contributed by atoms with van der Waals surface area (Å²) in [4.78, 5) is 0. The molecule has 0 unspecified atom stereocenters. The minimum absolute atomic E-state index is 0.818. The average Bonchev–Trinajstić information content (AvgIpc) is 2.87. The van der Waals surface area contributed by atoms with Crippen LogP contribution < -0.4 is 5.32 Å². The van der Waals surface area contributed by atoms with Gasteiger partial charge in [0.1, 0.15) is 0 Å². The van der Waals surface area contributed by atoms with E-state index in [1.165, 1.54) is 36.0 Å². The molecule has 0 aliphatic heterocycles. The first kappa shape index (κ1) is 12.6. The van der Waals surface area contributed by atoms with Crippen LogP contribution in [0.1, 0.15) is 28.7 Å². The van der Waals surface area contributed by atoms with Crippen LogP contribution in [0.4, 0.5) is 5.69 Å². The van der Waals surface area contributed by atoms with E-state index >= 15 is 0 Å². The summed E-state index contributed by atoms with van der Waals surface area (Å²) >= 11 is 6.13. The quantitative estimate of drug-likeness (QED) is 0.849. The van der Waals surface area contributed by atoms with Gasteiger partial charge in [0.25, 0.3) is 0 Å². The van der Waals surface area contributed by atoms with Crippen molar-refractivity contribution >= 4 is 17.3 Å². The molecule has 0 saturated carbocycles. The van der Waals surface area contributed by atoms with Gasteiger partial charge in [0.15, 0.2) is 0 Å². The van der Waals surface area contributed by atoms with Crippen LogP contribution in [0.2, 0.25) is 5.02 Å². The number of anilines is 1. The van der Waals surface area contributed by atoms with Crippen LogP contribution in [0.25, 0.3) is 0 Å². The first-order chi connectivity index (χ1) is 9.22. The molecule has 1 N–H and O–H groups in total. The smallest absolute Gasteiger partial charge is 0.0455 e. The normalized spacial score (nSPS) is 13.4. The standard InChI is InChI=1S/C17H18ClN/c1-12-5-8-16(10-17(12)18)19-11-13-6-7-14-3-2-4-15(14)9-13/h5-10,19H,2-4,11H2,1H3. The second-order valence-electron chi connectivity index (χ2n) is 5.27.